The van der Waals surface area contributed by atoms with Gasteiger partial charge in [0, 0.05) is 25.9 Å². The van der Waals surface area contributed by atoms with Crippen molar-refractivity contribution in [3.63, 3.8) is 0 Å². The van der Waals surface area contributed by atoms with Gasteiger partial charge >= 0.3 is 5.56 Å². The summed E-state index contributed by atoms with van der Waals surface area (Å²) in [5.41, 5.74) is -0.931. The number of benzene rings is 1. The number of aromatic nitrogens is 2. The summed E-state index contributed by atoms with van der Waals surface area (Å²) in [6.45, 7) is 0.324. The fraction of sp³-hybridized carbons (Fsp3) is 0.267. The lowest BCUT2D eigenvalue weighted by molar-refractivity contribution is 0.0674. The summed E-state index contributed by atoms with van der Waals surface area (Å²) >= 11 is 0. The fourth-order valence-electron chi connectivity index (χ4n) is 2.67. The third kappa shape index (κ3) is 3.12. The van der Waals surface area contributed by atoms with E-state index in [2.05, 4.69) is 4.98 Å². The number of nitrogens with zero attached hydrogens (tertiary/aromatic N) is 3. The van der Waals surface area contributed by atoms with Crippen LogP contribution in [0.3, 0.4) is 0 Å². The van der Waals surface area contributed by atoms with Crippen molar-refractivity contribution >= 4 is 15.7 Å². The zero-order valence-electron chi connectivity index (χ0n) is 13.1. The third-order valence-corrected chi connectivity index (χ3v) is 4.80. The fourth-order valence-corrected chi connectivity index (χ4v) is 3.50. The van der Waals surface area contributed by atoms with E-state index in [1.807, 2.05) is 0 Å². The average Bonchev–Trinajstić information content (AvgIpc) is 2.54. The molecule has 1 aliphatic rings. The molecule has 0 spiro atoms. The first kappa shape index (κ1) is 17.1. The van der Waals surface area contributed by atoms with E-state index >= 15 is 0 Å². The normalized spacial score (nSPS) is 14.5. The predicted octanol–water partition coefficient (Wildman–Crippen LogP) is 0.147. The molecule has 0 saturated heterocycles. The molecule has 0 fully saturated rings. The van der Waals surface area contributed by atoms with Gasteiger partial charge in [0.15, 0.2) is 5.69 Å². The largest absolute Gasteiger partial charge is 0.501 e. The maximum atomic E-state index is 13.0. The molecule has 0 unspecified atom stereocenters. The van der Waals surface area contributed by atoms with Crippen LogP contribution >= 0.6 is 0 Å². The minimum atomic E-state index is -3.86. The van der Waals surface area contributed by atoms with Crippen LogP contribution in [0.25, 0.3) is 0 Å². The van der Waals surface area contributed by atoms with Gasteiger partial charge in [-0.1, -0.05) is 12.1 Å². The van der Waals surface area contributed by atoms with Crippen LogP contribution in [-0.4, -0.2) is 46.7 Å². The van der Waals surface area contributed by atoms with E-state index in [4.69, 9.17) is 0 Å². The number of rotatable bonds is 3. The number of amides is 1. The summed E-state index contributed by atoms with van der Waals surface area (Å²) in [6.07, 6.45) is 0.870. The summed E-state index contributed by atoms with van der Waals surface area (Å²) in [5.74, 6) is -1.99. The number of sulfone groups is 1. The standard InChI is InChI=1S/C15H14FN3O5S/c1-25(23,24)15-17-13(21)12(20)11-14(22)18(6-7-19(11)15)8-9-2-4-10(16)5-3-9/h2-5,20H,6-8H2,1H3. The van der Waals surface area contributed by atoms with E-state index in [9.17, 15) is 27.5 Å². The molecule has 0 aliphatic carbocycles. The van der Waals surface area contributed by atoms with Gasteiger partial charge < -0.3 is 14.6 Å². The Morgan fingerprint density at radius 2 is 1.84 bits per heavy atom. The van der Waals surface area contributed by atoms with Gasteiger partial charge in [0.1, 0.15) is 5.82 Å². The molecule has 1 aromatic carbocycles. The van der Waals surface area contributed by atoms with Crippen LogP contribution in [0.2, 0.25) is 0 Å². The lowest BCUT2D eigenvalue weighted by Crippen LogP contribution is -2.43. The van der Waals surface area contributed by atoms with E-state index < -0.39 is 43.7 Å². The minimum Gasteiger partial charge on any atom is -0.501 e. The highest BCUT2D eigenvalue weighted by atomic mass is 32.2. The molecule has 1 N–H and O–H groups in total. The first-order chi connectivity index (χ1) is 11.7. The van der Waals surface area contributed by atoms with Crippen LogP contribution in [0.4, 0.5) is 4.39 Å². The Morgan fingerprint density at radius 1 is 1.20 bits per heavy atom. The zero-order valence-corrected chi connectivity index (χ0v) is 14.0. The number of carbonyl (C=O) groups is 1. The molecule has 3 rings (SSSR count). The monoisotopic (exact) mass is 367 g/mol. The van der Waals surface area contributed by atoms with Crippen LogP contribution in [0, 0.1) is 5.82 Å². The molecule has 0 bridgehead atoms. The van der Waals surface area contributed by atoms with Crippen molar-refractivity contribution < 1.29 is 22.7 Å². The molecule has 0 radical (unpaired) electrons. The number of fused-ring (bicyclic) bond motifs is 1. The molecule has 2 aromatic rings. The van der Waals surface area contributed by atoms with Gasteiger partial charge in [0.2, 0.25) is 20.7 Å². The summed E-state index contributed by atoms with van der Waals surface area (Å²) in [5, 5.41) is 9.38. The maximum absolute atomic E-state index is 13.0. The van der Waals surface area contributed by atoms with E-state index in [1.165, 1.54) is 29.2 Å². The Kier molecular flexibility index (Phi) is 4.07. The molecule has 2 heterocycles. The molecule has 1 aromatic heterocycles. The Hall–Kier alpha value is -2.75. The second-order valence-corrected chi connectivity index (χ2v) is 7.58. The van der Waals surface area contributed by atoms with Crippen LogP contribution in [0.5, 0.6) is 5.75 Å². The van der Waals surface area contributed by atoms with Gasteiger partial charge in [-0.2, -0.15) is 4.98 Å². The molecule has 0 atom stereocenters. The third-order valence-electron chi connectivity index (χ3n) is 3.83. The number of hydrogen-bond donors (Lipinski definition) is 1. The highest BCUT2D eigenvalue weighted by molar-refractivity contribution is 7.90. The molecule has 8 nitrogen and oxygen atoms in total. The first-order valence-electron chi connectivity index (χ1n) is 7.26. The van der Waals surface area contributed by atoms with Gasteiger partial charge in [0.05, 0.1) is 0 Å². The Bertz CT molecular complexity index is 1010. The van der Waals surface area contributed by atoms with Crippen LogP contribution in [0.15, 0.2) is 34.2 Å². The molecule has 0 saturated carbocycles. The molecular weight excluding hydrogens is 353 g/mol. The van der Waals surface area contributed by atoms with Gasteiger partial charge in [-0.15, -0.1) is 0 Å². The van der Waals surface area contributed by atoms with Crippen LogP contribution in [0.1, 0.15) is 16.1 Å². The first-order valence-corrected chi connectivity index (χ1v) is 9.15. The van der Waals surface area contributed by atoms with Gasteiger partial charge in [-0.05, 0) is 17.7 Å². The van der Waals surface area contributed by atoms with Crippen molar-refractivity contribution in [1.29, 1.82) is 0 Å². The molecule has 132 valence electrons. The van der Waals surface area contributed by atoms with Crippen LogP contribution in [-0.2, 0) is 22.9 Å². The van der Waals surface area contributed by atoms with Crippen molar-refractivity contribution in [3.05, 3.63) is 51.7 Å². The van der Waals surface area contributed by atoms with E-state index in [0.29, 0.717) is 5.56 Å². The van der Waals surface area contributed by atoms with Crippen molar-refractivity contribution in [1.82, 2.24) is 14.5 Å². The number of hydrogen-bond acceptors (Lipinski definition) is 6. The lowest BCUT2D eigenvalue weighted by Gasteiger charge is -2.30. The molecular formula is C15H14FN3O5S. The van der Waals surface area contributed by atoms with Gasteiger partial charge in [0.25, 0.3) is 5.91 Å². The Balaban J connectivity index is 2.04. The number of aromatic hydroxyl groups is 1. The molecule has 10 heteroatoms. The maximum Gasteiger partial charge on any atom is 0.316 e. The van der Waals surface area contributed by atoms with E-state index in [1.54, 1.807) is 0 Å². The average molecular weight is 367 g/mol. The van der Waals surface area contributed by atoms with E-state index in [0.717, 1.165) is 10.8 Å². The highest BCUT2D eigenvalue weighted by Gasteiger charge is 2.33. The SMILES string of the molecule is CS(=O)(=O)c1nc(=O)c(O)c2n1CCN(Cc1ccc(F)cc1)C2=O. The second-order valence-electron chi connectivity index (χ2n) is 5.67. The Morgan fingerprint density at radius 3 is 2.44 bits per heavy atom. The molecule has 1 aliphatic heterocycles. The lowest BCUT2D eigenvalue weighted by atomic mass is 10.1. The van der Waals surface area contributed by atoms with Crippen molar-refractivity contribution in [2.24, 2.45) is 0 Å². The smallest absolute Gasteiger partial charge is 0.316 e. The van der Waals surface area contributed by atoms with Crippen molar-refractivity contribution in [2.75, 3.05) is 12.8 Å². The predicted molar refractivity (Wildman–Crippen MR) is 84.4 cm³/mol. The summed E-state index contributed by atoms with van der Waals surface area (Å²) in [4.78, 5) is 29.1. The molecule has 25 heavy (non-hydrogen) atoms. The second kappa shape index (κ2) is 5.96. The number of halogens is 1. The Labute approximate surface area is 142 Å². The van der Waals surface area contributed by atoms with E-state index in [-0.39, 0.29) is 19.6 Å². The zero-order chi connectivity index (χ0) is 18.4. The van der Waals surface area contributed by atoms with Crippen LogP contribution < -0.4 is 5.56 Å². The quantitative estimate of drug-likeness (QED) is 0.774. The summed E-state index contributed by atoms with van der Waals surface area (Å²) < 4.78 is 37.6. The van der Waals surface area contributed by atoms with Crippen molar-refractivity contribution in [2.45, 2.75) is 18.2 Å². The highest BCUT2D eigenvalue weighted by Crippen LogP contribution is 2.23. The van der Waals surface area contributed by atoms with Gasteiger partial charge in [-0.3, -0.25) is 9.59 Å². The topological polar surface area (TPSA) is 110 Å². The summed E-state index contributed by atoms with van der Waals surface area (Å²) in [6, 6.07) is 5.54. The molecule has 1 amide bonds. The van der Waals surface area contributed by atoms with Gasteiger partial charge in [-0.25, -0.2) is 12.8 Å². The van der Waals surface area contributed by atoms with Crippen molar-refractivity contribution in [3.8, 4) is 5.75 Å². The summed E-state index contributed by atoms with van der Waals surface area (Å²) in [7, 11) is -3.86. The minimum absolute atomic E-state index is 0.0471. The number of carbonyl (C=O) groups excluding carboxylic acids is 1.